The number of rotatable bonds is 9. The van der Waals surface area contributed by atoms with Gasteiger partial charge in [-0.05, 0) is 30.0 Å². The third-order valence-electron chi connectivity index (χ3n) is 5.09. The van der Waals surface area contributed by atoms with Crippen LogP contribution in [0.2, 0.25) is 0 Å². The molecule has 0 unspecified atom stereocenters. The summed E-state index contributed by atoms with van der Waals surface area (Å²) in [7, 11) is 1.60. The maximum atomic E-state index is 12.9. The van der Waals surface area contributed by atoms with Gasteiger partial charge in [-0.25, -0.2) is 4.98 Å². The third kappa shape index (κ3) is 4.95. The minimum Gasteiger partial charge on any atom is -0.383 e. The van der Waals surface area contributed by atoms with Gasteiger partial charge in [0.2, 0.25) is 0 Å². The number of ketones is 1. The normalized spacial score (nSPS) is 12.2. The maximum absolute atomic E-state index is 12.9. The molecule has 152 valence electrons. The van der Waals surface area contributed by atoms with Crippen molar-refractivity contribution in [3.63, 3.8) is 0 Å². The molecule has 0 radical (unpaired) electrons. The van der Waals surface area contributed by atoms with Gasteiger partial charge >= 0.3 is 0 Å². The zero-order chi connectivity index (χ0) is 20.8. The van der Waals surface area contributed by atoms with Crippen LogP contribution in [0.4, 0.5) is 0 Å². The van der Waals surface area contributed by atoms with Crippen LogP contribution in [-0.2, 0) is 11.3 Å². The number of benzene rings is 2. The van der Waals surface area contributed by atoms with Crippen molar-refractivity contribution in [1.29, 1.82) is 0 Å². The van der Waals surface area contributed by atoms with Crippen LogP contribution in [0, 0.1) is 0 Å². The van der Waals surface area contributed by atoms with Crippen molar-refractivity contribution in [2.24, 2.45) is 0 Å². The van der Waals surface area contributed by atoms with Crippen molar-refractivity contribution in [2.75, 3.05) is 19.5 Å². The quantitative estimate of drug-likeness (QED) is 0.295. The predicted molar refractivity (Wildman–Crippen MR) is 118 cm³/mol. The number of methoxy groups -OCH3 is 1. The number of hydrogen-bond donors (Lipinski definition) is 0. The third-order valence-corrected chi connectivity index (χ3v) is 6.07. The summed E-state index contributed by atoms with van der Waals surface area (Å²) in [6.45, 7) is 5.13. The summed E-state index contributed by atoms with van der Waals surface area (Å²) in [5.41, 5.74) is 2.44. The molecule has 1 heterocycles. The Kier molecular flexibility index (Phi) is 7.23. The summed E-state index contributed by atoms with van der Waals surface area (Å²) >= 11 is 1.29. The molecule has 29 heavy (non-hydrogen) atoms. The lowest BCUT2D eigenvalue weighted by Crippen LogP contribution is -2.25. The topological polar surface area (TPSA) is 61.2 Å². The first-order valence-corrected chi connectivity index (χ1v) is 10.8. The Balaban J connectivity index is 1.82. The summed E-state index contributed by atoms with van der Waals surface area (Å²) in [6.07, 6.45) is 1.07. The number of fused-ring (bicyclic) bond motifs is 1. The van der Waals surface area contributed by atoms with E-state index in [4.69, 9.17) is 4.74 Å². The van der Waals surface area contributed by atoms with Crippen LogP contribution in [0.15, 0.2) is 58.5 Å². The van der Waals surface area contributed by atoms with Gasteiger partial charge in [0.25, 0.3) is 5.56 Å². The van der Waals surface area contributed by atoms with Gasteiger partial charge in [-0.3, -0.25) is 14.2 Å². The van der Waals surface area contributed by atoms with E-state index >= 15 is 0 Å². The maximum Gasteiger partial charge on any atom is 0.262 e. The van der Waals surface area contributed by atoms with Crippen LogP contribution in [-0.4, -0.2) is 34.8 Å². The number of aromatic nitrogens is 2. The highest BCUT2D eigenvalue weighted by Crippen LogP contribution is 2.22. The molecule has 3 aromatic rings. The number of ether oxygens (including phenoxy) is 1. The van der Waals surface area contributed by atoms with E-state index in [1.165, 1.54) is 17.3 Å². The molecular weight excluding hydrogens is 384 g/mol. The highest BCUT2D eigenvalue weighted by atomic mass is 32.2. The largest absolute Gasteiger partial charge is 0.383 e. The zero-order valence-corrected chi connectivity index (χ0v) is 17.9. The van der Waals surface area contributed by atoms with E-state index in [1.807, 2.05) is 42.5 Å². The molecule has 0 saturated carbocycles. The molecular formula is C23H26N2O3S. The second-order valence-corrected chi connectivity index (χ2v) is 7.95. The van der Waals surface area contributed by atoms with Crippen LogP contribution in [0.1, 0.15) is 42.1 Å². The molecule has 0 aliphatic rings. The Morgan fingerprint density at radius 1 is 1.17 bits per heavy atom. The highest BCUT2D eigenvalue weighted by molar-refractivity contribution is 7.99. The fourth-order valence-corrected chi connectivity index (χ4v) is 4.00. The molecule has 0 N–H and O–H groups in total. The van der Waals surface area contributed by atoms with Crippen molar-refractivity contribution < 1.29 is 9.53 Å². The number of thioether (sulfide) groups is 1. The minimum absolute atomic E-state index is 0.0198. The molecule has 2 aromatic carbocycles. The molecule has 0 saturated heterocycles. The van der Waals surface area contributed by atoms with E-state index in [-0.39, 0.29) is 17.1 Å². The van der Waals surface area contributed by atoms with E-state index in [1.54, 1.807) is 17.7 Å². The monoisotopic (exact) mass is 410 g/mol. The fraction of sp³-hybridized carbons (Fsp3) is 0.348. The van der Waals surface area contributed by atoms with Crippen molar-refractivity contribution in [3.05, 3.63) is 70.0 Å². The van der Waals surface area contributed by atoms with Gasteiger partial charge in [0, 0.05) is 12.7 Å². The van der Waals surface area contributed by atoms with Gasteiger partial charge in [0.05, 0.1) is 29.8 Å². The summed E-state index contributed by atoms with van der Waals surface area (Å²) in [5, 5.41) is 1.11. The first-order chi connectivity index (χ1) is 14.0. The van der Waals surface area contributed by atoms with E-state index in [9.17, 15) is 9.59 Å². The van der Waals surface area contributed by atoms with Crippen LogP contribution < -0.4 is 5.56 Å². The first-order valence-electron chi connectivity index (χ1n) is 9.79. The van der Waals surface area contributed by atoms with E-state index < -0.39 is 0 Å². The van der Waals surface area contributed by atoms with Crippen LogP contribution in [0.25, 0.3) is 10.9 Å². The fourth-order valence-electron chi connectivity index (χ4n) is 3.08. The van der Waals surface area contributed by atoms with Crippen LogP contribution in [0.3, 0.4) is 0 Å². The second-order valence-electron chi connectivity index (χ2n) is 7.00. The van der Waals surface area contributed by atoms with Gasteiger partial charge in [-0.2, -0.15) is 0 Å². The molecule has 0 fully saturated rings. The Bertz CT molecular complexity index is 1040. The Morgan fingerprint density at radius 3 is 2.59 bits per heavy atom. The van der Waals surface area contributed by atoms with Gasteiger partial charge in [-0.15, -0.1) is 0 Å². The summed E-state index contributed by atoms with van der Waals surface area (Å²) < 4.78 is 6.73. The summed E-state index contributed by atoms with van der Waals surface area (Å²) in [5.74, 6) is 0.720. The summed E-state index contributed by atoms with van der Waals surface area (Å²) in [4.78, 5) is 30.2. The minimum atomic E-state index is -0.111. The molecule has 0 bridgehead atoms. The van der Waals surface area contributed by atoms with Gasteiger partial charge in [-0.1, -0.05) is 62.0 Å². The van der Waals surface area contributed by atoms with Gasteiger partial charge < -0.3 is 4.74 Å². The predicted octanol–water partition coefficient (Wildman–Crippen LogP) is 4.53. The Labute approximate surface area is 175 Å². The molecule has 3 rings (SSSR count). The molecule has 0 amide bonds. The number of carbonyl (C=O) groups excluding carboxylic acids is 1. The van der Waals surface area contributed by atoms with Gasteiger partial charge in [0.15, 0.2) is 10.9 Å². The SMILES string of the molecule is CC[C@H](C)c1ccc(C(=O)CSc2nc3ccccc3c(=O)n2CCOC)cc1. The van der Waals surface area contributed by atoms with Crippen molar-refractivity contribution in [2.45, 2.75) is 37.9 Å². The number of para-hydroxylation sites is 1. The molecule has 6 heteroatoms. The summed E-state index contributed by atoms with van der Waals surface area (Å²) in [6, 6.07) is 15.1. The molecule has 1 atom stereocenters. The average molecular weight is 411 g/mol. The van der Waals surface area contributed by atoms with Gasteiger partial charge in [0.1, 0.15) is 0 Å². The second kappa shape index (κ2) is 9.85. The molecule has 0 spiro atoms. The molecule has 5 nitrogen and oxygen atoms in total. The number of hydrogen-bond acceptors (Lipinski definition) is 5. The molecule has 1 aromatic heterocycles. The van der Waals surface area contributed by atoms with Crippen LogP contribution >= 0.6 is 11.8 Å². The number of Topliss-reactive ketones (excluding diaryl/α,β-unsaturated/α-hetero) is 1. The molecule has 0 aliphatic heterocycles. The van der Waals surface area contributed by atoms with E-state index in [2.05, 4.69) is 18.8 Å². The number of carbonyl (C=O) groups is 1. The lowest BCUT2D eigenvalue weighted by Gasteiger charge is -2.13. The Morgan fingerprint density at radius 2 is 1.90 bits per heavy atom. The van der Waals surface area contributed by atoms with E-state index in [0.29, 0.717) is 40.7 Å². The lowest BCUT2D eigenvalue weighted by molar-refractivity contribution is 0.102. The van der Waals surface area contributed by atoms with Crippen molar-refractivity contribution >= 4 is 28.4 Å². The first kappa shape index (κ1) is 21.3. The Hall–Kier alpha value is -2.44. The highest BCUT2D eigenvalue weighted by Gasteiger charge is 2.14. The number of nitrogens with zero attached hydrogens (tertiary/aromatic N) is 2. The molecule has 0 aliphatic carbocycles. The smallest absolute Gasteiger partial charge is 0.262 e. The van der Waals surface area contributed by atoms with Crippen molar-refractivity contribution in [3.8, 4) is 0 Å². The van der Waals surface area contributed by atoms with Crippen LogP contribution in [0.5, 0.6) is 0 Å². The lowest BCUT2D eigenvalue weighted by atomic mass is 9.97. The zero-order valence-electron chi connectivity index (χ0n) is 17.1. The average Bonchev–Trinajstić information content (AvgIpc) is 2.76. The standard InChI is InChI=1S/C23H26N2O3S/c1-4-16(2)17-9-11-18(12-10-17)21(26)15-29-23-24-20-8-6-5-7-19(20)22(27)25(23)13-14-28-3/h5-12,16H,4,13-15H2,1-3H3/t16-/m0/s1. The van der Waals surface area contributed by atoms with Crippen molar-refractivity contribution in [1.82, 2.24) is 9.55 Å². The van der Waals surface area contributed by atoms with E-state index in [0.717, 1.165) is 6.42 Å².